The molecule has 0 aromatic heterocycles. The Labute approximate surface area is 183 Å². The van der Waals surface area contributed by atoms with Crippen molar-refractivity contribution in [2.45, 2.75) is 0 Å². The van der Waals surface area contributed by atoms with Gasteiger partial charge in [0.2, 0.25) is 0 Å². The second-order valence-corrected chi connectivity index (χ2v) is 7.62. The van der Waals surface area contributed by atoms with E-state index < -0.39 is 0 Å². The maximum absolute atomic E-state index is 12.6. The number of nitrogens with zero attached hydrogens (tertiary/aromatic N) is 1. The van der Waals surface area contributed by atoms with Crippen LogP contribution in [-0.2, 0) is 4.79 Å². The Bertz CT molecular complexity index is 1180. The highest BCUT2D eigenvalue weighted by Gasteiger charge is 2.16. The second kappa shape index (κ2) is 8.88. The van der Waals surface area contributed by atoms with E-state index in [4.69, 9.17) is 4.74 Å². The molecule has 1 aliphatic rings. The molecule has 0 heterocycles. The van der Waals surface area contributed by atoms with E-state index in [2.05, 4.69) is 29.2 Å². The molecule has 31 heavy (non-hydrogen) atoms. The van der Waals surface area contributed by atoms with Gasteiger partial charge in [0, 0.05) is 25.4 Å². The fourth-order valence-corrected chi connectivity index (χ4v) is 3.68. The van der Waals surface area contributed by atoms with Gasteiger partial charge in [0.15, 0.2) is 5.78 Å². The zero-order chi connectivity index (χ0) is 21.8. The highest BCUT2D eigenvalue weighted by atomic mass is 16.5. The molecule has 0 unspecified atom stereocenters. The summed E-state index contributed by atoms with van der Waals surface area (Å²) in [6.07, 6.45) is 7.49. The third-order valence-electron chi connectivity index (χ3n) is 5.44. The number of carbonyl (C=O) groups is 1. The number of allylic oxidation sites excluding steroid dienone is 4. The molecule has 0 atom stereocenters. The van der Waals surface area contributed by atoms with Crippen molar-refractivity contribution in [3.05, 3.63) is 113 Å². The molecule has 3 heteroatoms. The highest BCUT2D eigenvalue weighted by molar-refractivity contribution is 6.30. The van der Waals surface area contributed by atoms with Gasteiger partial charge < -0.3 is 9.64 Å². The van der Waals surface area contributed by atoms with Crippen molar-refractivity contribution in [1.29, 1.82) is 0 Å². The molecule has 3 aromatic carbocycles. The molecule has 0 N–H and O–H groups in total. The van der Waals surface area contributed by atoms with Crippen LogP contribution in [0, 0.1) is 0 Å². The fraction of sp³-hybridized carbons (Fsp3) is 0.107. The molecule has 0 radical (unpaired) electrons. The quantitative estimate of drug-likeness (QED) is 0.495. The van der Waals surface area contributed by atoms with Crippen LogP contribution in [0.4, 0.5) is 5.69 Å². The second-order valence-electron chi connectivity index (χ2n) is 7.62. The van der Waals surface area contributed by atoms with Crippen molar-refractivity contribution in [2.24, 2.45) is 0 Å². The van der Waals surface area contributed by atoms with E-state index in [1.54, 1.807) is 13.2 Å². The van der Waals surface area contributed by atoms with Crippen LogP contribution in [-0.4, -0.2) is 27.0 Å². The molecule has 0 aliphatic heterocycles. The number of ketones is 1. The number of carbonyl (C=O) groups excluding carboxylic acids is 1. The van der Waals surface area contributed by atoms with Crippen molar-refractivity contribution in [3.8, 4) is 5.75 Å². The van der Waals surface area contributed by atoms with Crippen LogP contribution < -0.4 is 9.64 Å². The summed E-state index contributed by atoms with van der Waals surface area (Å²) in [4.78, 5) is 14.7. The van der Waals surface area contributed by atoms with E-state index in [0.717, 1.165) is 39.3 Å². The summed E-state index contributed by atoms with van der Waals surface area (Å²) < 4.78 is 5.32. The van der Waals surface area contributed by atoms with E-state index in [1.807, 2.05) is 80.9 Å². The largest absolute Gasteiger partial charge is 0.497 e. The zero-order valence-corrected chi connectivity index (χ0v) is 18.0. The van der Waals surface area contributed by atoms with Crippen LogP contribution in [0.15, 0.2) is 91.0 Å². The van der Waals surface area contributed by atoms with Crippen LogP contribution in [0.5, 0.6) is 5.75 Å². The molecule has 0 bridgehead atoms. The number of fused-ring (bicyclic) bond motifs is 1. The van der Waals surface area contributed by atoms with Crippen molar-refractivity contribution in [2.75, 3.05) is 26.1 Å². The minimum absolute atomic E-state index is 0.0204. The maximum Gasteiger partial charge on any atom is 0.186 e. The standard InChI is InChI=1S/C28H25NO2/c1-29(2)23-13-8-21(9-14-23)25(22-10-15-24(31-3)16-11-22)17-18-27-26-7-5-4-6-20(26)12-19-28(27)30/h4-19H,1-3H3/b25-17+,27-18+. The minimum atomic E-state index is 0.0204. The third-order valence-corrected chi connectivity index (χ3v) is 5.44. The molecular weight excluding hydrogens is 382 g/mol. The summed E-state index contributed by atoms with van der Waals surface area (Å²) in [5.74, 6) is 0.831. The Morgan fingerprint density at radius 1 is 0.839 bits per heavy atom. The fourth-order valence-electron chi connectivity index (χ4n) is 3.68. The lowest BCUT2D eigenvalue weighted by Crippen LogP contribution is -2.08. The SMILES string of the molecule is COc1ccc(/C(=C/C=C2/C(=O)C=Cc3ccccc32)c2ccc(N(C)C)cc2)cc1. The first kappa shape index (κ1) is 20.4. The number of rotatable bonds is 5. The van der Waals surface area contributed by atoms with Crippen LogP contribution in [0.25, 0.3) is 17.2 Å². The molecule has 4 rings (SSSR count). The van der Waals surface area contributed by atoms with Gasteiger partial charge in [-0.2, -0.15) is 0 Å². The molecule has 3 nitrogen and oxygen atoms in total. The first-order valence-electron chi connectivity index (χ1n) is 10.2. The molecule has 0 spiro atoms. The number of ether oxygens (including phenoxy) is 1. The summed E-state index contributed by atoms with van der Waals surface area (Å²) in [6, 6.07) is 24.4. The van der Waals surface area contributed by atoms with Crippen molar-refractivity contribution < 1.29 is 9.53 Å². The van der Waals surface area contributed by atoms with Crippen molar-refractivity contribution in [3.63, 3.8) is 0 Å². The van der Waals surface area contributed by atoms with Gasteiger partial charge in [0.05, 0.1) is 7.11 Å². The van der Waals surface area contributed by atoms with Gasteiger partial charge >= 0.3 is 0 Å². The summed E-state index contributed by atoms with van der Waals surface area (Å²) >= 11 is 0. The number of hydrogen-bond donors (Lipinski definition) is 0. The minimum Gasteiger partial charge on any atom is -0.497 e. The zero-order valence-electron chi connectivity index (χ0n) is 18.0. The average molecular weight is 408 g/mol. The van der Waals surface area contributed by atoms with E-state index in [1.165, 1.54) is 0 Å². The van der Waals surface area contributed by atoms with Gasteiger partial charge in [0.25, 0.3) is 0 Å². The average Bonchev–Trinajstić information content (AvgIpc) is 2.81. The highest BCUT2D eigenvalue weighted by Crippen LogP contribution is 2.30. The van der Waals surface area contributed by atoms with Crippen LogP contribution in [0.2, 0.25) is 0 Å². The number of anilines is 1. The first-order chi connectivity index (χ1) is 15.1. The monoisotopic (exact) mass is 407 g/mol. The van der Waals surface area contributed by atoms with Crippen LogP contribution in [0.1, 0.15) is 22.3 Å². The first-order valence-corrected chi connectivity index (χ1v) is 10.2. The molecule has 0 fully saturated rings. The summed E-state index contributed by atoms with van der Waals surface area (Å²) in [5, 5.41) is 0. The third kappa shape index (κ3) is 4.36. The van der Waals surface area contributed by atoms with Crippen molar-refractivity contribution >= 4 is 28.7 Å². The van der Waals surface area contributed by atoms with E-state index in [9.17, 15) is 4.79 Å². The van der Waals surface area contributed by atoms with Gasteiger partial charge in [0.1, 0.15) is 5.75 Å². The van der Waals surface area contributed by atoms with Crippen LogP contribution in [0.3, 0.4) is 0 Å². The lowest BCUT2D eigenvalue weighted by Gasteiger charge is -2.15. The summed E-state index contributed by atoms with van der Waals surface area (Å²) in [7, 11) is 5.72. The molecule has 154 valence electrons. The maximum atomic E-state index is 12.6. The lowest BCUT2D eigenvalue weighted by molar-refractivity contribution is -0.109. The van der Waals surface area contributed by atoms with Gasteiger partial charge in [-0.15, -0.1) is 0 Å². The Balaban J connectivity index is 1.82. The Hall–Kier alpha value is -3.85. The van der Waals surface area contributed by atoms with Crippen LogP contribution >= 0.6 is 0 Å². The molecule has 0 saturated carbocycles. The van der Waals surface area contributed by atoms with Gasteiger partial charge in [-0.05, 0) is 64.2 Å². The number of methoxy groups -OCH3 is 1. The Morgan fingerprint density at radius 3 is 2.13 bits per heavy atom. The molecule has 3 aromatic rings. The lowest BCUT2D eigenvalue weighted by atomic mass is 9.90. The summed E-state index contributed by atoms with van der Waals surface area (Å²) in [5.41, 5.74) is 7.04. The molecule has 0 saturated heterocycles. The Kier molecular flexibility index (Phi) is 5.85. The van der Waals surface area contributed by atoms with Crippen molar-refractivity contribution in [1.82, 2.24) is 0 Å². The molecular formula is C28H25NO2. The van der Waals surface area contributed by atoms with E-state index in [0.29, 0.717) is 5.57 Å². The normalized spacial score (nSPS) is 14.5. The Morgan fingerprint density at radius 2 is 1.48 bits per heavy atom. The summed E-state index contributed by atoms with van der Waals surface area (Å²) in [6.45, 7) is 0. The number of hydrogen-bond acceptors (Lipinski definition) is 3. The molecule has 0 amide bonds. The van der Waals surface area contributed by atoms with Gasteiger partial charge in [-0.3, -0.25) is 4.79 Å². The van der Waals surface area contributed by atoms with E-state index in [-0.39, 0.29) is 5.78 Å². The van der Waals surface area contributed by atoms with Gasteiger partial charge in [-0.25, -0.2) is 0 Å². The smallest absolute Gasteiger partial charge is 0.186 e. The predicted molar refractivity (Wildman–Crippen MR) is 129 cm³/mol. The van der Waals surface area contributed by atoms with Gasteiger partial charge in [-0.1, -0.05) is 60.7 Å². The number of benzene rings is 3. The predicted octanol–water partition coefficient (Wildman–Crippen LogP) is 5.87. The van der Waals surface area contributed by atoms with E-state index >= 15 is 0 Å². The molecule has 1 aliphatic carbocycles. The topological polar surface area (TPSA) is 29.5 Å².